The Morgan fingerprint density at radius 1 is 1.15 bits per heavy atom. The molecule has 132 valence electrons. The van der Waals surface area contributed by atoms with Gasteiger partial charge in [0.05, 0.1) is 33.8 Å². The van der Waals surface area contributed by atoms with Gasteiger partial charge in [0.15, 0.2) is 5.13 Å². The van der Waals surface area contributed by atoms with E-state index in [0.29, 0.717) is 26.8 Å². The molecule has 0 atom stereocenters. The first-order chi connectivity index (χ1) is 12.6. The zero-order valence-electron chi connectivity index (χ0n) is 13.3. The molecule has 8 heteroatoms. The number of halogens is 2. The van der Waals surface area contributed by atoms with Gasteiger partial charge in [0.1, 0.15) is 5.76 Å². The van der Waals surface area contributed by atoms with Crippen molar-refractivity contribution in [2.75, 3.05) is 4.90 Å². The molecule has 0 fully saturated rings. The molecule has 4 aromatic rings. The molecular weight excluding hydrogens is 411 g/mol. The summed E-state index contributed by atoms with van der Waals surface area (Å²) in [7, 11) is 0. The van der Waals surface area contributed by atoms with Crippen LogP contribution < -0.4 is 4.90 Å². The van der Waals surface area contributed by atoms with E-state index in [1.165, 1.54) is 22.7 Å². The molecule has 0 bridgehead atoms. The van der Waals surface area contributed by atoms with Crippen molar-refractivity contribution in [3.8, 4) is 0 Å². The lowest BCUT2D eigenvalue weighted by molar-refractivity contribution is -0.118. The highest BCUT2D eigenvalue weighted by Gasteiger charge is 2.22. The summed E-state index contributed by atoms with van der Waals surface area (Å²) >= 11 is 14.9. The van der Waals surface area contributed by atoms with E-state index in [9.17, 15) is 4.79 Å². The third kappa shape index (κ3) is 3.78. The largest absolute Gasteiger partial charge is 0.467 e. The Kier molecular flexibility index (Phi) is 5.00. The van der Waals surface area contributed by atoms with Crippen molar-refractivity contribution in [2.45, 2.75) is 13.0 Å². The maximum Gasteiger partial charge on any atom is 0.234 e. The van der Waals surface area contributed by atoms with Gasteiger partial charge in [0.25, 0.3) is 0 Å². The van der Waals surface area contributed by atoms with Gasteiger partial charge in [-0.1, -0.05) is 34.5 Å². The van der Waals surface area contributed by atoms with Crippen molar-refractivity contribution in [1.29, 1.82) is 0 Å². The normalized spacial score (nSPS) is 11.2. The van der Waals surface area contributed by atoms with Crippen LogP contribution in [-0.4, -0.2) is 10.9 Å². The van der Waals surface area contributed by atoms with Gasteiger partial charge in [-0.25, -0.2) is 4.98 Å². The second-order valence-corrected chi connectivity index (χ2v) is 8.80. The summed E-state index contributed by atoms with van der Waals surface area (Å²) in [5, 5.41) is 1.26. The van der Waals surface area contributed by atoms with Crippen molar-refractivity contribution in [1.82, 2.24) is 4.98 Å². The van der Waals surface area contributed by atoms with Crippen LogP contribution in [0.15, 0.2) is 53.1 Å². The molecule has 0 saturated heterocycles. The fourth-order valence-corrected chi connectivity index (χ4v) is 4.85. The van der Waals surface area contributed by atoms with Crippen molar-refractivity contribution in [3.05, 3.63) is 68.7 Å². The number of carbonyl (C=O) groups excluding carboxylic acids is 1. The van der Waals surface area contributed by atoms with Crippen molar-refractivity contribution >= 4 is 67.1 Å². The first-order valence-corrected chi connectivity index (χ1v) is 10.1. The van der Waals surface area contributed by atoms with Crippen molar-refractivity contribution in [3.63, 3.8) is 0 Å². The monoisotopic (exact) mass is 422 g/mol. The Labute approximate surface area is 167 Å². The van der Waals surface area contributed by atoms with E-state index in [1.54, 1.807) is 29.4 Å². The predicted octanol–water partition coefficient (Wildman–Crippen LogP) is 6.03. The summed E-state index contributed by atoms with van der Waals surface area (Å²) in [5.74, 6) is 0.630. The summed E-state index contributed by atoms with van der Waals surface area (Å²) in [6.07, 6.45) is 1.85. The van der Waals surface area contributed by atoms with Gasteiger partial charge in [-0.3, -0.25) is 9.69 Å². The number of hydrogen-bond donors (Lipinski definition) is 0. The average molecular weight is 423 g/mol. The number of nitrogens with zero attached hydrogens (tertiary/aromatic N) is 2. The summed E-state index contributed by atoms with van der Waals surface area (Å²) < 4.78 is 7.03. The van der Waals surface area contributed by atoms with E-state index in [-0.39, 0.29) is 12.3 Å². The lowest BCUT2D eigenvalue weighted by Crippen LogP contribution is -2.31. The second-order valence-electron chi connectivity index (χ2n) is 5.55. The van der Waals surface area contributed by atoms with Gasteiger partial charge in [0.2, 0.25) is 5.91 Å². The molecule has 1 amide bonds. The van der Waals surface area contributed by atoms with Gasteiger partial charge in [-0.05, 0) is 42.5 Å². The van der Waals surface area contributed by atoms with Crippen LogP contribution in [0.1, 0.15) is 10.6 Å². The predicted molar refractivity (Wildman–Crippen MR) is 108 cm³/mol. The number of amides is 1. The summed E-state index contributed by atoms with van der Waals surface area (Å²) in [4.78, 5) is 20.1. The molecule has 0 saturated carbocycles. The smallest absolute Gasteiger partial charge is 0.234 e. The maximum atomic E-state index is 13.0. The Morgan fingerprint density at radius 2 is 2.04 bits per heavy atom. The molecule has 3 aromatic heterocycles. The SMILES string of the molecule is O=C(Cc1ccc(Cl)s1)N(Cc1ccco1)c1nc2ccc(Cl)cc2s1. The van der Waals surface area contributed by atoms with E-state index in [2.05, 4.69) is 4.98 Å². The first kappa shape index (κ1) is 17.5. The van der Waals surface area contributed by atoms with Gasteiger partial charge in [-0.15, -0.1) is 11.3 Å². The molecule has 4 nitrogen and oxygen atoms in total. The van der Waals surface area contributed by atoms with E-state index < -0.39 is 0 Å². The van der Waals surface area contributed by atoms with Crippen LogP contribution >= 0.6 is 45.9 Å². The molecule has 4 rings (SSSR count). The number of rotatable bonds is 5. The van der Waals surface area contributed by atoms with Crippen LogP contribution in [0, 0.1) is 0 Å². The maximum absolute atomic E-state index is 13.0. The van der Waals surface area contributed by atoms with Gasteiger partial charge < -0.3 is 4.42 Å². The van der Waals surface area contributed by atoms with E-state index in [1.807, 2.05) is 24.3 Å². The fourth-order valence-electron chi connectivity index (χ4n) is 2.51. The van der Waals surface area contributed by atoms with Crippen LogP contribution in [0.3, 0.4) is 0 Å². The number of anilines is 1. The minimum atomic E-state index is -0.0648. The number of hydrogen-bond acceptors (Lipinski definition) is 5. The number of carbonyl (C=O) groups is 1. The van der Waals surface area contributed by atoms with Crippen molar-refractivity contribution in [2.24, 2.45) is 0 Å². The molecule has 0 aliphatic heterocycles. The third-order valence-electron chi connectivity index (χ3n) is 3.72. The number of benzene rings is 1. The summed E-state index contributed by atoms with van der Waals surface area (Å²) in [6.45, 7) is 0.318. The van der Waals surface area contributed by atoms with Crippen LogP contribution in [-0.2, 0) is 17.8 Å². The molecule has 0 unspecified atom stereocenters. The molecule has 0 N–H and O–H groups in total. The minimum Gasteiger partial charge on any atom is -0.467 e. The highest BCUT2D eigenvalue weighted by molar-refractivity contribution is 7.22. The quantitative estimate of drug-likeness (QED) is 0.394. The first-order valence-electron chi connectivity index (χ1n) is 7.71. The minimum absolute atomic E-state index is 0.0648. The molecular formula is C18H12Cl2N2O2S2. The standard InChI is InChI=1S/C18H12Cl2N2O2S2/c19-11-3-5-14-15(8-11)26-18(21-14)22(10-12-2-1-7-24-12)17(23)9-13-4-6-16(20)25-13/h1-8H,9-10H2. The molecule has 26 heavy (non-hydrogen) atoms. The van der Waals surface area contributed by atoms with Gasteiger partial charge >= 0.3 is 0 Å². The topological polar surface area (TPSA) is 46.3 Å². The number of aromatic nitrogens is 1. The number of fused-ring (bicyclic) bond motifs is 1. The van der Waals surface area contributed by atoms with Gasteiger partial charge in [0, 0.05) is 9.90 Å². The Morgan fingerprint density at radius 3 is 2.77 bits per heavy atom. The third-order valence-corrected chi connectivity index (χ3v) is 6.23. The lowest BCUT2D eigenvalue weighted by atomic mass is 10.3. The average Bonchev–Trinajstić information content (AvgIpc) is 3.33. The zero-order valence-corrected chi connectivity index (χ0v) is 16.5. The van der Waals surface area contributed by atoms with E-state index in [4.69, 9.17) is 27.6 Å². The molecule has 3 heterocycles. The molecule has 0 aliphatic carbocycles. The lowest BCUT2D eigenvalue weighted by Gasteiger charge is -2.18. The molecule has 1 aromatic carbocycles. The van der Waals surface area contributed by atoms with Crippen LogP contribution in [0.5, 0.6) is 0 Å². The molecule has 0 spiro atoms. The number of furan rings is 1. The van der Waals surface area contributed by atoms with Gasteiger partial charge in [-0.2, -0.15) is 0 Å². The highest BCUT2D eigenvalue weighted by atomic mass is 35.5. The second kappa shape index (κ2) is 7.40. The Balaban J connectivity index is 1.67. The van der Waals surface area contributed by atoms with Crippen LogP contribution in [0.4, 0.5) is 5.13 Å². The Hall–Kier alpha value is -1.86. The molecule has 0 radical (unpaired) electrons. The van der Waals surface area contributed by atoms with E-state index in [0.717, 1.165) is 15.1 Å². The van der Waals surface area contributed by atoms with Crippen LogP contribution in [0.25, 0.3) is 10.2 Å². The fraction of sp³-hybridized carbons (Fsp3) is 0.111. The Bertz CT molecular complexity index is 1060. The number of thiophene rings is 1. The van der Waals surface area contributed by atoms with Crippen LogP contribution in [0.2, 0.25) is 9.36 Å². The summed E-state index contributed by atoms with van der Waals surface area (Å²) in [5.41, 5.74) is 0.811. The zero-order chi connectivity index (χ0) is 18.1. The number of thiazole rings is 1. The highest BCUT2D eigenvalue weighted by Crippen LogP contribution is 2.32. The van der Waals surface area contributed by atoms with Crippen molar-refractivity contribution < 1.29 is 9.21 Å². The molecule has 0 aliphatic rings. The van der Waals surface area contributed by atoms with E-state index >= 15 is 0 Å². The summed E-state index contributed by atoms with van der Waals surface area (Å²) in [6, 6.07) is 12.8.